The Hall–Kier alpha value is -2.97. The molecule has 0 aliphatic heterocycles. The van der Waals surface area contributed by atoms with Gasteiger partial charge in [0.25, 0.3) is 0 Å². The van der Waals surface area contributed by atoms with Gasteiger partial charge in [0.1, 0.15) is 6.33 Å². The first kappa shape index (κ1) is 14.0. The second-order valence-corrected chi connectivity index (χ2v) is 4.34. The van der Waals surface area contributed by atoms with E-state index in [9.17, 15) is 13.2 Å². The van der Waals surface area contributed by atoms with Crippen LogP contribution in [0.4, 0.5) is 19.0 Å². The van der Waals surface area contributed by atoms with Crippen molar-refractivity contribution in [2.24, 2.45) is 5.10 Å². The molecule has 112 valence electrons. The van der Waals surface area contributed by atoms with Crippen molar-refractivity contribution in [2.45, 2.75) is 6.18 Å². The van der Waals surface area contributed by atoms with Gasteiger partial charge in [-0.05, 0) is 29.8 Å². The molecule has 0 bridgehead atoms. The molecule has 0 radical (unpaired) electrons. The van der Waals surface area contributed by atoms with Crippen molar-refractivity contribution < 1.29 is 13.2 Å². The summed E-state index contributed by atoms with van der Waals surface area (Å²) < 4.78 is 38.7. The van der Waals surface area contributed by atoms with E-state index in [4.69, 9.17) is 0 Å². The topological polar surface area (TPSA) is 67.5 Å². The Bertz CT molecular complexity index is 807. The van der Waals surface area contributed by atoms with Gasteiger partial charge in [0.15, 0.2) is 11.5 Å². The molecule has 2 heterocycles. The molecule has 0 amide bonds. The Morgan fingerprint density at radius 3 is 2.59 bits per heavy atom. The summed E-state index contributed by atoms with van der Waals surface area (Å²) in [6.07, 6.45) is -1.50. The molecule has 0 saturated heterocycles. The first-order valence-electron chi connectivity index (χ1n) is 6.16. The quantitative estimate of drug-likeness (QED) is 0.596. The molecule has 0 atom stereocenters. The Morgan fingerprint density at radius 2 is 1.86 bits per heavy atom. The zero-order valence-corrected chi connectivity index (χ0v) is 11.0. The molecule has 0 saturated carbocycles. The minimum absolute atomic E-state index is 0.454. The van der Waals surface area contributed by atoms with Crippen molar-refractivity contribution in [3.05, 3.63) is 53.9 Å². The van der Waals surface area contributed by atoms with Crippen molar-refractivity contribution in [3.63, 3.8) is 0 Å². The summed E-state index contributed by atoms with van der Waals surface area (Å²) in [5.41, 5.74) is 3.11. The summed E-state index contributed by atoms with van der Waals surface area (Å²) in [6, 6.07) is 8.05. The number of halogens is 3. The number of nitrogens with one attached hydrogen (secondary N) is 1. The lowest BCUT2D eigenvalue weighted by Crippen LogP contribution is -2.04. The zero-order chi connectivity index (χ0) is 15.6. The fourth-order valence-electron chi connectivity index (χ4n) is 1.72. The van der Waals surface area contributed by atoms with Crippen LogP contribution in [-0.2, 0) is 6.18 Å². The van der Waals surface area contributed by atoms with E-state index in [0.29, 0.717) is 17.0 Å². The van der Waals surface area contributed by atoms with Crippen LogP contribution in [0.1, 0.15) is 11.1 Å². The van der Waals surface area contributed by atoms with Gasteiger partial charge in [-0.3, -0.25) is 5.43 Å². The summed E-state index contributed by atoms with van der Waals surface area (Å²) in [7, 11) is 0. The van der Waals surface area contributed by atoms with Crippen molar-refractivity contribution >= 4 is 17.7 Å². The number of anilines is 1. The highest BCUT2D eigenvalue weighted by atomic mass is 19.4. The van der Waals surface area contributed by atoms with Crippen LogP contribution in [-0.4, -0.2) is 26.0 Å². The predicted octanol–water partition coefficient (Wildman–Crippen LogP) is 2.59. The highest BCUT2D eigenvalue weighted by Crippen LogP contribution is 2.28. The first-order chi connectivity index (χ1) is 10.5. The molecule has 3 rings (SSSR count). The van der Waals surface area contributed by atoms with Crippen LogP contribution in [0.5, 0.6) is 0 Å². The van der Waals surface area contributed by atoms with E-state index in [2.05, 4.69) is 25.8 Å². The molecule has 22 heavy (non-hydrogen) atoms. The first-order valence-corrected chi connectivity index (χ1v) is 6.16. The summed E-state index contributed by atoms with van der Waals surface area (Å²) >= 11 is 0. The van der Waals surface area contributed by atoms with Gasteiger partial charge < -0.3 is 0 Å². The maximum atomic E-state index is 12.4. The van der Waals surface area contributed by atoms with Crippen LogP contribution >= 0.6 is 0 Å². The van der Waals surface area contributed by atoms with Gasteiger partial charge in [-0.1, -0.05) is 12.1 Å². The number of nitrogens with zero attached hydrogens (tertiary/aromatic N) is 5. The molecule has 0 spiro atoms. The van der Waals surface area contributed by atoms with Crippen LogP contribution in [0.25, 0.3) is 5.65 Å². The average Bonchev–Trinajstić information content (AvgIpc) is 2.94. The number of hydrogen-bond acceptors (Lipinski definition) is 5. The summed E-state index contributed by atoms with van der Waals surface area (Å²) in [5.74, 6) is 0.454. The lowest BCUT2D eigenvalue weighted by atomic mass is 10.1. The van der Waals surface area contributed by atoms with E-state index in [0.717, 1.165) is 12.1 Å². The highest BCUT2D eigenvalue weighted by molar-refractivity contribution is 5.80. The number of fused-ring (bicyclic) bond motifs is 1. The normalized spacial score (nSPS) is 12.1. The minimum Gasteiger partial charge on any atom is -0.260 e. The number of alkyl halides is 3. The third-order valence-corrected chi connectivity index (χ3v) is 2.79. The monoisotopic (exact) mass is 306 g/mol. The van der Waals surface area contributed by atoms with Crippen molar-refractivity contribution in [1.29, 1.82) is 0 Å². The van der Waals surface area contributed by atoms with Gasteiger partial charge in [-0.2, -0.15) is 22.8 Å². The average molecular weight is 306 g/mol. The van der Waals surface area contributed by atoms with Crippen LogP contribution < -0.4 is 5.43 Å². The molecule has 2 aromatic heterocycles. The number of benzene rings is 1. The smallest absolute Gasteiger partial charge is 0.260 e. The molecule has 1 aromatic carbocycles. The summed E-state index contributed by atoms with van der Waals surface area (Å²) in [5, 5.41) is 15.6. The molecule has 3 aromatic rings. The lowest BCUT2D eigenvalue weighted by molar-refractivity contribution is -0.137. The standard InChI is InChI=1S/C13H9F3N6/c14-13(15,16)10-3-1-9(2-4-10)7-17-19-11-5-6-12-20-18-8-22(12)21-11/h1-8H,(H,19,21). The predicted molar refractivity (Wildman–Crippen MR) is 73.4 cm³/mol. The number of hydrogen-bond donors (Lipinski definition) is 1. The largest absolute Gasteiger partial charge is 0.416 e. The number of hydrazone groups is 1. The highest BCUT2D eigenvalue weighted by Gasteiger charge is 2.29. The van der Waals surface area contributed by atoms with Crippen molar-refractivity contribution in [2.75, 3.05) is 5.43 Å². The van der Waals surface area contributed by atoms with Crippen LogP contribution in [0.3, 0.4) is 0 Å². The molecular formula is C13H9F3N6. The Kier molecular flexibility index (Phi) is 3.45. The van der Waals surface area contributed by atoms with E-state index < -0.39 is 11.7 Å². The Labute approximate surface area is 122 Å². The SMILES string of the molecule is FC(F)(F)c1ccc(C=NNc2ccc3nncn3n2)cc1. The van der Waals surface area contributed by atoms with Gasteiger partial charge in [0.2, 0.25) is 0 Å². The van der Waals surface area contributed by atoms with E-state index in [1.807, 2.05) is 0 Å². The van der Waals surface area contributed by atoms with Crippen LogP contribution in [0.15, 0.2) is 47.8 Å². The molecule has 0 fully saturated rings. The fourth-order valence-corrected chi connectivity index (χ4v) is 1.72. The van der Waals surface area contributed by atoms with Gasteiger partial charge in [-0.25, -0.2) is 0 Å². The third-order valence-electron chi connectivity index (χ3n) is 2.79. The Balaban J connectivity index is 1.68. The maximum Gasteiger partial charge on any atom is 0.416 e. The van der Waals surface area contributed by atoms with Gasteiger partial charge in [-0.15, -0.1) is 15.3 Å². The van der Waals surface area contributed by atoms with Crippen LogP contribution in [0.2, 0.25) is 0 Å². The maximum absolute atomic E-state index is 12.4. The van der Waals surface area contributed by atoms with Crippen molar-refractivity contribution in [3.8, 4) is 0 Å². The fraction of sp³-hybridized carbons (Fsp3) is 0.0769. The Morgan fingerprint density at radius 1 is 1.09 bits per heavy atom. The molecule has 1 N–H and O–H groups in total. The van der Waals surface area contributed by atoms with Gasteiger partial charge in [0.05, 0.1) is 11.8 Å². The number of aromatic nitrogens is 4. The molecule has 0 unspecified atom stereocenters. The van der Waals surface area contributed by atoms with E-state index >= 15 is 0 Å². The number of rotatable bonds is 3. The zero-order valence-electron chi connectivity index (χ0n) is 11.0. The minimum atomic E-state index is -4.34. The third kappa shape index (κ3) is 3.03. The molecular weight excluding hydrogens is 297 g/mol. The summed E-state index contributed by atoms with van der Waals surface area (Å²) in [6.45, 7) is 0. The molecule has 9 heteroatoms. The summed E-state index contributed by atoms with van der Waals surface area (Å²) in [4.78, 5) is 0. The second-order valence-electron chi connectivity index (χ2n) is 4.34. The van der Waals surface area contributed by atoms with E-state index in [1.54, 1.807) is 12.1 Å². The molecule has 6 nitrogen and oxygen atoms in total. The van der Waals surface area contributed by atoms with Crippen molar-refractivity contribution in [1.82, 2.24) is 19.8 Å². The van der Waals surface area contributed by atoms with Gasteiger partial charge >= 0.3 is 6.18 Å². The molecule has 0 aliphatic carbocycles. The lowest BCUT2D eigenvalue weighted by Gasteiger charge is -2.05. The van der Waals surface area contributed by atoms with Crippen LogP contribution in [0, 0.1) is 0 Å². The van der Waals surface area contributed by atoms with E-state index in [1.165, 1.54) is 29.2 Å². The molecule has 0 aliphatic rings. The van der Waals surface area contributed by atoms with Gasteiger partial charge in [0, 0.05) is 0 Å². The van der Waals surface area contributed by atoms with E-state index in [-0.39, 0.29) is 0 Å². The second kappa shape index (κ2) is 5.43.